The molecular weight excluding hydrogens is 414 g/mol. The molecule has 0 aliphatic rings. The minimum atomic E-state index is -3.36. The van der Waals surface area contributed by atoms with E-state index in [1.807, 2.05) is 6.92 Å². The lowest BCUT2D eigenvalue weighted by Crippen LogP contribution is -2.17. The highest BCUT2D eigenvalue weighted by atomic mass is 79.9. The third-order valence-corrected chi connectivity index (χ3v) is 5.06. The first-order chi connectivity index (χ1) is 11.9. The molecule has 4 rings (SSSR count). The van der Waals surface area contributed by atoms with Gasteiger partial charge in [-0.15, -0.1) is 0 Å². The van der Waals surface area contributed by atoms with Crippen molar-refractivity contribution in [2.75, 3.05) is 0 Å². The van der Waals surface area contributed by atoms with Crippen molar-refractivity contribution in [2.45, 2.75) is 12.8 Å². The summed E-state index contributed by atoms with van der Waals surface area (Å²) < 4.78 is 39.1. The van der Waals surface area contributed by atoms with Gasteiger partial charge in [-0.25, -0.2) is 4.98 Å². The van der Waals surface area contributed by atoms with Gasteiger partial charge in [-0.1, -0.05) is 33.2 Å². The van der Waals surface area contributed by atoms with Gasteiger partial charge in [-0.3, -0.25) is 0 Å². The Bertz CT molecular complexity index is 1060. The van der Waals surface area contributed by atoms with Crippen LogP contribution in [-0.2, 0) is 5.92 Å². The number of hydrogen-bond acceptors (Lipinski definition) is 6. The van der Waals surface area contributed by atoms with Crippen molar-refractivity contribution < 1.29 is 13.3 Å². The van der Waals surface area contributed by atoms with Gasteiger partial charge in [0.1, 0.15) is 4.83 Å². The molecule has 0 bridgehead atoms. The SMILES string of the molecule is Cc1nsc2ncc(-c3nc(C(F)(F)c4ccc(Br)cc4)no3)cc12. The molecule has 3 aromatic heterocycles. The molecule has 1 aromatic carbocycles. The average molecular weight is 423 g/mol. The first-order valence-corrected chi connectivity index (χ1v) is 8.72. The second kappa shape index (κ2) is 5.92. The summed E-state index contributed by atoms with van der Waals surface area (Å²) in [5.74, 6) is -4.06. The number of aromatic nitrogens is 4. The molecule has 0 N–H and O–H groups in total. The number of rotatable bonds is 3. The lowest BCUT2D eigenvalue weighted by atomic mass is 10.1. The van der Waals surface area contributed by atoms with Crippen LogP contribution < -0.4 is 0 Å². The van der Waals surface area contributed by atoms with Crippen LogP contribution in [0.25, 0.3) is 21.7 Å². The molecule has 0 amide bonds. The van der Waals surface area contributed by atoms with Crippen LogP contribution in [0.3, 0.4) is 0 Å². The number of halogens is 3. The van der Waals surface area contributed by atoms with E-state index in [0.29, 0.717) is 10.0 Å². The van der Waals surface area contributed by atoms with Crippen molar-refractivity contribution >= 4 is 37.7 Å². The maximum absolute atomic E-state index is 14.6. The summed E-state index contributed by atoms with van der Waals surface area (Å²) in [7, 11) is 0. The topological polar surface area (TPSA) is 64.7 Å². The third kappa shape index (κ3) is 2.83. The average Bonchev–Trinajstić information content (AvgIpc) is 3.23. The summed E-state index contributed by atoms with van der Waals surface area (Å²) in [5.41, 5.74) is 1.07. The normalized spacial score (nSPS) is 12.0. The zero-order valence-corrected chi connectivity index (χ0v) is 15.1. The highest BCUT2D eigenvalue weighted by molar-refractivity contribution is 9.10. The molecule has 4 aromatic rings. The van der Waals surface area contributed by atoms with Crippen LogP contribution in [0.1, 0.15) is 17.1 Å². The largest absolute Gasteiger partial charge is 0.335 e. The van der Waals surface area contributed by atoms with Gasteiger partial charge in [0.2, 0.25) is 5.82 Å². The quantitative estimate of drug-likeness (QED) is 0.467. The fraction of sp³-hybridized carbons (Fsp3) is 0.125. The second-order valence-corrected chi connectivity index (χ2v) is 7.02. The Hall–Kier alpha value is -2.26. The lowest BCUT2D eigenvalue weighted by molar-refractivity contribution is 0.0304. The summed E-state index contributed by atoms with van der Waals surface area (Å²) in [6, 6.07) is 7.46. The van der Waals surface area contributed by atoms with Crippen LogP contribution in [0.2, 0.25) is 0 Å². The predicted molar refractivity (Wildman–Crippen MR) is 92.6 cm³/mol. The van der Waals surface area contributed by atoms with Gasteiger partial charge >= 0.3 is 5.92 Å². The van der Waals surface area contributed by atoms with Gasteiger partial charge in [-0.2, -0.15) is 18.1 Å². The predicted octanol–water partition coefficient (Wildman–Crippen LogP) is 4.95. The molecule has 5 nitrogen and oxygen atoms in total. The Morgan fingerprint density at radius 3 is 2.72 bits per heavy atom. The maximum Gasteiger partial charge on any atom is 0.335 e. The Balaban J connectivity index is 1.73. The Morgan fingerprint density at radius 1 is 1.20 bits per heavy atom. The Labute approximate surface area is 153 Å². The molecule has 0 unspecified atom stereocenters. The van der Waals surface area contributed by atoms with Gasteiger partial charge in [0, 0.05) is 21.6 Å². The van der Waals surface area contributed by atoms with Crippen LogP contribution in [0.15, 0.2) is 45.5 Å². The monoisotopic (exact) mass is 422 g/mol. The zero-order valence-electron chi connectivity index (χ0n) is 12.7. The van der Waals surface area contributed by atoms with E-state index in [0.717, 1.165) is 15.9 Å². The standard InChI is InChI=1S/C16H9BrF2N4OS/c1-8-12-6-9(7-20-14(12)25-23-8)13-21-15(22-24-13)16(18,19)10-2-4-11(17)5-3-10/h2-7H,1H3. The van der Waals surface area contributed by atoms with Crippen LogP contribution in [0, 0.1) is 6.92 Å². The van der Waals surface area contributed by atoms with Crippen LogP contribution in [0.5, 0.6) is 0 Å². The van der Waals surface area contributed by atoms with E-state index in [2.05, 4.69) is 35.4 Å². The maximum atomic E-state index is 14.6. The van der Waals surface area contributed by atoms with Gasteiger partial charge in [0.25, 0.3) is 5.89 Å². The van der Waals surface area contributed by atoms with Gasteiger partial charge < -0.3 is 4.52 Å². The molecule has 0 fully saturated rings. The van der Waals surface area contributed by atoms with Crippen molar-refractivity contribution in [2.24, 2.45) is 0 Å². The first kappa shape index (κ1) is 16.2. The smallest absolute Gasteiger partial charge is 0.334 e. The van der Waals surface area contributed by atoms with Crippen molar-refractivity contribution in [1.82, 2.24) is 19.5 Å². The molecule has 9 heteroatoms. The minimum absolute atomic E-state index is 0.00760. The molecule has 3 heterocycles. The van der Waals surface area contributed by atoms with Gasteiger partial charge in [-0.05, 0) is 36.7 Å². The van der Waals surface area contributed by atoms with Gasteiger partial charge in [0.05, 0.1) is 11.3 Å². The van der Waals surface area contributed by atoms with E-state index in [1.165, 1.54) is 42.0 Å². The number of alkyl halides is 2. The summed E-state index contributed by atoms with van der Waals surface area (Å²) in [6.45, 7) is 1.85. The number of pyridine rings is 1. The summed E-state index contributed by atoms with van der Waals surface area (Å²) in [6.07, 6.45) is 1.51. The molecule has 0 spiro atoms. The molecule has 0 radical (unpaired) electrons. The second-order valence-electron chi connectivity index (χ2n) is 5.35. The highest BCUT2D eigenvalue weighted by Crippen LogP contribution is 2.35. The molecule has 0 aliphatic heterocycles. The third-order valence-electron chi connectivity index (χ3n) is 3.67. The molecule has 0 saturated carbocycles. The molecule has 0 aliphatic carbocycles. The fourth-order valence-corrected chi connectivity index (χ4v) is 3.31. The summed E-state index contributed by atoms with van der Waals surface area (Å²) >= 11 is 4.49. The van der Waals surface area contributed by atoms with E-state index in [1.54, 1.807) is 6.07 Å². The number of benzene rings is 1. The Morgan fingerprint density at radius 2 is 1.96 bits per heavy atom. The molecule has 126 valence electrons. The number of aryl methyl sites for hydroxylation is 1. The fourth-order valence-electron chi connectivity index (χ4n) is 2.32. The van der Waals surface area contributed by atoms with E-state index in [9.17, 15) is 8.78 Å². The number of fused-ring (bicyclic) bond motifs is 1. The van der Waals surface area contributed by atoms with Crippen molar-refractivity contribution in [3.8, 4) is 11.5 Å². The molecule has 0 saturated heterocycles. The minimum Gasteiger partial charge on any atom is -0.334 e. The van der Waals surface area contributed by atoms with Crippen LogP contribution >= 0.6 is 27.5 Å². The van der Waals surface area contributed by atoms with Gasteiger partial charge in [0.15, 0.2) is 0 Å². The number of nitrogens with zero attached hydrogens (tertiary/aromatic N) is 4. The van der Waals surface area contributed by atoms with Crippen molar-refractivity contribution in [3.63, 3.8) is 0 Å². The molecule has 0 atom stereocenters. The number of hydrogen-bond donors (Lipinski definition) is 0. The van der Waals surface area contributed by atoms with Crippen molar-refractivity contribution in [1.29, 1.82) is 0 Å². The van der Waals surface area contributed by atoms with E-state index < -0.39 is 11.7 Å². The molecule has 25 heavy (non-hydrogen) atoms. The molecular formula is C16H9BrF2N4OS. The van der Waals surface area contributed by atoms with Crippen LogP contribution in [0.4, 0.5) is 8.78 Å². The summed E-state index contributed by atoms with van der Waals surface area (Å²) in [4.78, 5) is 8.89. The zero-order chi connectivity index (χ0) is 17.6. The van der Waals surface area contributed by atoms with Crippen LogP contribution in [-0.4, -0.2) is 19.5 Å². The van der Waals surface area contributed by atoms with E-state index >= 15 is 0 Å². The summed E-state index contributed by atoms with van der Waals surface area (Å²) in [5, 5.41) is 4.30. The van der Waals surface area contributed by atoms with Crippen molar-refractivity contribution in [3.05, 3.63) is 58.1 Å². The van der Waals surface area contributed by atoms with E-state index in [-0.39, 0.29) is 11.5 Å². The highest BCUT2D eigenvalue weighted by Gasteiger charge is 2.39. The Kier molecular flexibility index (Phi) is 3.84. The van der Waals surface area contributed by atoms with E-state index in [4.69, 9.17) is 4.52 Å². The first-order valence-electron chi connectivity index (χ1n) is 7.15. The lowest BCUT2D eigenvalue weighted by Gasteiger charge is -2.12.